The van der Waals surface area contributed by atoms with Gasteiger partial charge in [-0.25, -0.2) is 5.43 Å². The monoisotopic (exact) mass is 364 g/mol. The lowest BCUT2D eigenvalue weighted by Crippen LogP contribution is -2.25. The normalized spacial score (nSPS) is 10.7. The van der Waals surface area contributed by atoms with E-state index in [4.69, 9.17) is 4.42 Å². The molecule has 1 aromatic heterocycles. The molecule has 0 saturated carbocycles. The number of benzene rings is 2. The first kappa shape index (κ1) is 17.9. The van der Waals surface area contributed by atoms with E-state index in [9.17, 15) is 14.9 Å². The second kappa shape index (κ2) is 8.43. The van der Waals surface area contributed by atoms with E-state index in [-0.39, 0.29) is 18.1 Å². The van der Waals surface area contributed by atoms with E-state index in [1.54, 1.807) is 30.3 Å². The molecule has 0 atom stereocenters. The minimum atomic E-state index is -0.467. The first-order valence-electron chi connectivity index (χ1n) is 8.08. The molecule has 2 aromatic carbocycles. The van der Waals surface area contributed by atoms with Gasteiger partial charge in [0.05, 0.1) is 23.2 Å². The van der Waals surface area contributed by atoms with E-state index in [1.807, 2.05) is 30.3 Å². The zero-order valence-electron chi connectivity index (χ0n) is 14.2. The Hall–Kier alpha value is -3.94. The number of carbonyl (C=O) groups is 1. The summed E-state index contributed by atoms with van der Waals surface area (Å²) in [5.74, 6) is 0.390. The average molecular weight is 364 g/mol. The largest absolute Gasteiger partial charge is 0.455 e. The zero-order valence-corrected chi connectivity index (χ0v) is 14.2. The number of nitrogens with zero attached hydrogens (tertiary/aromatic N) is 2. The summed E-state index contributed by atoms with van der Waals surface area (Å²) >= 11 is 0. The smallest absolute Gasteiger partial charge is 0.280 e. The predicted octanol–water partition coefficient (Wildman–Crippen LogP) is 3.42. The molecule has 136 valence electrons. The Morgan fingerprint density at radius 1 is 1.07 bits per heavy atom. The molecule has 3 aromatic rings. The Morgan fingerprint density at radius 2 is 1.81 bits per heavy atom. The number of para-hydroxylation sites is 2. The Labute approximate surface area is 154 Å². The summed E-state index contributed by atoms with van der Waals surface area (Å²) in [6.07, 6.45) is 1.33. The van der Waals surface area contributed by atoms with Crippen molar-refractivity contribution in [3.05, 3.63) is 82.6 Å². The van der Waals surface area contributed by atoms with Gasteiger partial charge in [-0.3, -0.25) is 14.9 Å². The molecular formula is C19H16N4O4. The summed E-state index contributed by atoms with van der Waals surface area (Å²) in [7, 11) is 0. The van der Waals surface area contributed by atoms with Crippen molar-refractivity contribution < 1.29 is 14.1 Å². The standard InChI is InChI=1S/C19H16N4O4/c24-19(13-20-14-6-2-1-3-7-14)22-21-12-15-10-11-18(27-15)16-8-4-5-9-17(16)23(25)26/h1-12,20H,13H2,(H,22,24). The summed E-state index contributed by atoms with van der Waals surface area (Å²) in [4.78, 5) is 22.4. The third-order valence-corrected chi connectivity index (χ3v) is 3.60. The highest BCUT2D eigenvalue weighted by atomic mass is 16.6. The van der Waals surface area contributed by atoms with Crippen LogP contribution in [0.15, 0.2) is 76.2 Å². The number of nitro groups is 1. The van der Waals surface area contributed by atoms with Gasteiger partial charge in [0.15, 0.2) is 0 Å². The molecule has 0 unspecified atom stereocenters. The van der Waals surface area contributed by atoms with E-state index in [0.717, 1.165) is 5.69 Å². The highest BCUT2D eigenvalue weighted by Crippen LogP contribution is 2.30. The van der Waals surface area contributed by atoms with Crippen LogP contribution >= 0.6 is 0 Å². The molecule has 0 aliphatic carbocycles. The lowest BCUT2D eigenvalue weighted by atomic mass is 10.1. The van der Waals surface area contributed by atoms with Crippen molar-refractivity contribution in [1.82, 2.24) is 5.43 Å². The maximum atomic E-state index is 11.8. The van der Waals surface area contributed by atoms with Crippen molar-refractivity contribution in [2.75, 3.05) is 11.9 Å². The molecule has 2 N–H and O–H groups in total. The van der Waals surface area contributed by atoms with Crippen molar-refractivity contribution in [1.29, 1.82) is 0 Å². The van der Waals surface area contributed by atoms with Crippen LogP contribution in [0.1, 0.15) is 5.76 Å². The summed E-state index contributed by atoms with van der Waals surface area (Å²) < 4.78 is 5.55. The van der Waals surface area contributed by atoms with Crippen LogP contribution in [0.3, 0.4) is 0 Å². The topological polar surface area (TPSA) is 110 Å². The van der Waals surface area contributed by atoms with E-state index in [0.29, 0.717) is 17.1 Å². The quantitative estimate of drug-likeness (QED) is 0.379. The number of hydrogen-bond donors (Lipinski definition) is 2. The molecule has 1 amide bonds. The fourth-order valence-electron chi connectivity index (χ4n) is 2.35. The van der Waals surface area contributed by atoms with Gasteiger partial charge in [0.25, 0.3) is 11.6 Å². The number of furan rings is 1. The van der Waals surface area contributed by atoms with Gasteiger partial charge in [0.1, 0.15) is 11.5 Å². The second-order valence-electron chi connectivity index (χ2n) is 5.49. The Kier molecular flexibility index (Phi) is 5.58. The van der Waals surface area contributed by atoms with Crippen LogP contribution in [0, 0.1) is 10.1 Å². The number of nitro benzene ring substituents is 1. The summed E-state index contributed by atoms with van der Waals surface area (Å²) in [6, 6.07) is 18.8. The van der Waals surface area contributed by atoms with Gasteiger partial charge in [0.2, 0.25) is 0 Å². The maximum Gasteiger partial charge on any atom is 0.280 e. The highest BCUT2D eigenvalue weighted by Gasteiger charge is 2.16. The van der Waals surface area contributed by atoms with Crippen LogP contribution in [0.4, 0.5) is 11.4 Å². The molecule has 0 aliphatic heterocycles. The molecule has 8 nitrogen and oxygen atoms in total. The first-order chi connectivity index (χ1) is 13.1. The highest BCUT2D eigenvalue weighted by molar-refractivity contribution is 5.83. The number of rotatable bonds is 7. The number of carbonyl (C=O) groups excluding carboxylic acids is 1. The van der Waals surface area contributed by atoms with Crippen LogP contribution in [0.5, 0.6) is 0 Å². The molecule has 0 bridgehead atoms. The zero-order chi connectivity index (χ0) is 19.1. The molecule has 3 rings (SSSR count). The van der Waals surface area contributed by atoms with Crippen LogP contribution in [0.2, 0.25) is 0 Å². The lowest BCUT2D eigenvalue weighted by Gasteiger charge is -2.04. The molecule has 0 aliphatic rings. The van der Waals surface area contributed by atoms with Crippen LogP contribution < -0.4 is 10.7 Å². The second-order valence-corrected chi connectivity index (χ2v) is 5.49. The molecule has 0 saturated heterocycles. The summed E-state index contributed by atoms with van der Waals surface area (Å²) in [5, 5.41) is 17.9. The predicted molar refractivity (Wildman–Crippen MR) is 101 cm³/mol. The third-order valence-electron chi connectivity index (χ3n) is 3.60. The Morgan fingerprint density at radius 3 is 2.59 bits per heavy atom. The first-order valence-corrected chi connectivity index (χ1v) is 8.08. The van der Waals surface area contributed by atoms with E-state index in [2.05, 4.69) is 15.8 Å². The van der Waals surface area contributed by atoms with Gasteiger partial charge in [-0.1, -0.05) is 30.3 Å². The maximum absolute atomic E-state index is 11.8. The Balaban J connectivity index is 1.58. The van der Waals surface area contributed by atoms with Crippen molar-refractivity contribution in [3.63, 3.8) is 0 Å². The van der Waals surface area contributed by atoms with Gasteiger partial charge in [-0.15, -0.1) is 0 Å². The van der Waals surface area contributed by atoms with Gasteiger partial charge < -0.3 is 9.73 Å². The number of nitrogens with one attached hydrogen (secondary N) is 2. The Bertz CT molecular complexity index is 967. The summed E-state index contributed by atoms with van der Waals surface area (Å²) in [6.45, 7) is 0.0704. The van der Waals surface area contributed by atoms with Crippen molar-refractivity contribution >= 4 is 23.5 Å². The van der Waals surface area contributed by atoms with E-state index < -0.39 is 4.92 Å². The van der Waals surface area contributed by atoms with Gasteiger partial charge in [-0.2, -0.15) is 5.10 Å². The van der Waals surface area contributed by atoms with Crippen molar-refractivity contribution in [2.45, 2.75) is 0 Å². The fourth-order valence-corrected chi connectivity index (χ4v) is 2.35. The van der Waals surface area contributed by atoms with E-state index in [1.165, 1.54) is 12.3 Å². The van der Waals surface area contributed by atoms with Crippen molar-refractivity contribution in [2.24, 2.45) is 5.10 Å². The third kappa shape index (κ3) is 4.79. The van der Waals surface area contributed by atoms with Crippen LogP contribution in [-0.2, 0) is 4.79 Å². The van der Waals surface area contributed by atoms with Crippen LogP contribution in [0.25, 0.3) is 11.3 Å². The van der Waals surface area contributed by atoms with Crippen molar-refractivity contribution in [3.8, 4) is 11.3 Å². The molecular weight excluding hydrogens is 348 g/mol. The molecule has 0 fully saturated rings. The SMILES string of the molecule is O=C(CNc1ccccc1)NN=Cc1ccc(-c2ccccc2[N+](=O)[O-])o1. The lowest BCUT2D eigenvalue weighted by molar-refractivity contribution is -0.384. The minimum absolute atomic E-state index is 0.0457. The molecule has 0 spiro atoms. The average Bonchev–Trinajstić information content (AvgIpc) is 3.16. The van der Waals surface area contributed by atoms with Gasteiger partial charge in [-0.05, 0) is 30.3 Å². The molecule has 8 heteroatoms. The summed E-state index contributed by atoms with van der Waals surface area (Å²) in [5.41, 5.74) is 3.54. The number of hydrogen-bond acceptors (Lipinski definition) is 6. The van der Waals surface area contributed by atoms with Gasteiger partial charge in [0, 0.05) is 11.8 Å². The number of anilines is 1. The van der Waals surface area contributed by atoms with Gasteiger partial charge >= 0.3 is 0 Å². The number of amides is 1. The molecule has 27 heavy (non-hydrogen) atoms. The molecule has 1 heterocycles. The minimum Gasteiger partial charge on any atom is -0.455 e. The molecule has 0 radical (unpaired) electrons. The van der Waals surface area contributed by atoms with Crippen LogP contribution in [-0.4, -0.2) is 23.6 Å². The number of hydrazone groups is 1. The fraction of sp³-hybridized carbons (Fsp3) is 0.0526. The van der Waals surface area contributed by atoms with E-state index >= 15 is 0 Å².